The summed E-state index contributed by atoms with van der Waals surface area (Å²) in [7, 11) is -7.87. The van der Waals surface area contributed by atoms with E-state index in [0.717, 1.165) is 0 Å². The van der Waals surface area contributed by atoms with Gasteiger partial charge in [0.1, 0.15) is 0 Å². The van der Waals surface area contributed by atoms with Crippen LogP contribution in [0.15, 0.2) is 58.3 Å². The molecule has 0 aliphatic carbocycles. The molecule has 0 amide bonds. The van der Waals surface area contributed by atoms with Crippen LogP contribution in [0.3, 0.4) is 0 Å². The van der Waals surface area contributed by atoms with E-state index in [2.05, 4.69) is 0 Å². The molecule has 0 bridgehead atoms. The lowest BCUT2D eigenvalue weighted by atomic mass is 10.2. The topological polar surface area (TPSA) is 123 Å². The number of hydrogen-bond acceptors (Lipinski definition) is 6. The Morgan fingerprint density at radius 1 is 0.941 bits per heavy atom. The van der Waals surface area contributed by atoms with Crippen molar-refractivity contribution in [1.82, 2.24) is 8.28 Å². The average Bonchev–Trinajstić information content (AvgIpc) is 3.17. The standard InChI is InChI=1S/C22H23ClN2O7S2/c23-17-4-9-21-16(14-17)15-18(2-1-3-22(26)27)25(21)34(30,31)20-7-5-19(6-8-20)33(28,29)24-10-12-32-13-11-24/h4-9,14-15H,1-3,10-13H2,(H,26,27). The monoisotopic (exact) mass is 526 g/mol. The van der Waals surface area contributed by atoms with Crippen molar-refractivity contribution in [2.45, 2.75) is 29.1 Å². The third-order valence-electron chi connectivity index (χ3n) is 5.58. The van der Waals surface area contributed by atoms with Gasteiger partial charge in [-0.2, -0.15) is 4.31 Å². The highest BCUT2D eigenvalue weighted by molar-refractivity contribution is 7.90. The van der Waals surface area contributed by atoms with Gasteiger partial charge in [0.25, 0.3) is 10.0 Å². The maximum absolute atomic E-state index is 13.6. The lowest BCUT2D eigenvalue weighted by Crippen LogP contribution is -2.40. The largest absolute Gasteiger partial charge is 0.481 e. The number of aliphatic carboxylic acids is 1. The second-order valence-corrected chi connectivity index (χ2v) is 12.0. The van der Waals surface area contributed by atoms with Crippen molar-refractivity contribution in [1.29, 1.82) is 0 Å². The molecule has 0 unspecified atom stereocenters. The molecule has 3 aromatic rings. The summed E-state index contributed by atoms with van der Waals surface area (Å²) in [5, 5.41) is 10.0. The number of carboxylic acid groups (broad SMARTS) is 1. The predicted octanol–water partition coefficient (Wildman–Crippen LogP) is 2.96. The molecule has 1 N–H and O–H groups in total. The molecule has 1 aliphatic heterocycles. The van der Waals surface area contributed by atoms with E-state index in [0.29, 0.717) is 34.8 Å². The van der Waals surface area contributed by atoms with Gasteiger partial charge >= 0.3 is 5.97 Å². The Kier molecular flexibility index (Phi) is 7.02. The number of aryl methyl sites for hydroxylation is 1. The fourth-order valence-corrected chi connectivity index (χ4v) is 7.08. The zero-order valence-corrected chi connectivity index (χ0v) is 20.4. The number of aromatic nitrogens is 1. The maximum Gasteiger partial charge on any atom is 0.303 e. The third-order valence-corrected chi connectivity index (χ3v) is 9.51. The molecule has 2 aromatic carbocycles. The molecule has 1 aromatic heterocycles. The third kappa shape index (κ3) is 4.84. The van der Waals surface area contributed by atoms with E-state index in [1.165, 1.54) is 32.5 Å². The first-order chi connectivity index (χ1) is 16.1. The molecule has 0 atom stereocenters. The molecule has 1 fully saturated rings. The smallest absolute Gasteiger partial charge is 0.303 e. The summed E-state index contributed by atoms with van der Waals surface area (Å²) in [6, 6.07) is 11.6. The molecule has 2 heterocycles. The first-order valence-electron chi connectivity index (χ1n) is 10.6. The minimum atomic E-state index is -4.11. The summed E-state index contributed by atoms with van der Waals surface area (Å²) in [6.07, 6.45) is 0.378. The molecular formula is C22H23ClN2O7S2. The molecule has 12 heteroatoms. The van der Waals surface area contributed by atoms with Crippen molar-refractivity contribution in [3.05, 3.63) is 59.2 Å². The summed E-state index contributed by atoms with van der Waals surface area (Å²) >= 11 is 6.08. The van der Waals surface area contributed by atoms with Crippen LogP contribution in [0.25, 0.3) is 10.9 Å². The number of carboxylic acids is 1. The van der Waals surface area contributed by atoms with Gasteiger partial charge in [-0.1, -0.05) is 11.6 Å². The number of sulfonamides is 1. The van der Waals surface area contributed by atoms with Gasteiger partial charge in [-0.05, 0) is 61.4 Å². The van der Waals surface area contributed by atoms with Crippen molar-refractivity contribution in [2.75, 3.05) is 26.3 Å². The van der Waals surface area contributed by atoms with E-state index >= 15 is 0 Å². The zero-order valence-electron chi connectivity index (χ0n) is 18.1. The number of rotatable bonds is 8. The van der Waals surface area contributed by atoms with Crippen molar-refractivity contribution < 1.29 is 31.5 Å². The van der Waals surface area contributed by atoms with Gasteiger partial charge in [0.05, 0.1) is 28.5 Å². The molecule has 0 saturated carbocycles. The van der Waals surface area contributed by atoms with Crippen molar-refractivity contribution in [3.63, 3.8) is 0 Å². The number of fused-ring (bicyclic) bond motifs is 1. The second kappa shape index (κ2) is 9.67. The highest BCUT2D eigenvalue weighted by Crippen LogP contribution is 2.29. The lowest BCUT2D eigenvalue weighted by Gasteiger charge is -2.26. The summed E-state index contributed by atoms with van der Waals surface area (Å²) in [6.45, 7) is 1.09. The van der Waals surface area contributed by atoms with E-state index in [1.807, 2.05) is 0 Å². The number of carbonyl (C=O) groups is 1. The number of benzene rings is 2. The van der Waals surface area contributed by atoms with Gasteiger partial charge in [-0.25, -0.2) is 20.8 Å². The summed E-state index contributed by atoms with van der Waals surface area (Å²) < 4.78 is 60.6. The molecule has 4 rings (SSSR count). The van der Waals surface area contributed by atoms with Crippen LogP contribution in [0.1, 0.15) is 18.5 Å². The number of ether oxygens (including phenoxy) is 1. The van der Waals surface area contributed by atoms with E-state index in [4.69, 9.17) is 21.4 Å². The average molecular weight is 527 g/mol. The van der Waals surface area contributed by atoms with Crippen LogP contribution in [0.5, 0.6) is 0 Å². The molecule has 0 spiro atoms. The number of hydrogen-bond donors (Lipinski definition) is 1. The van der Waals surface area contributed by atoms with Crippen molar-refractivity contribution in [2.24, 2.45) is 0 Å². The van der Waals surface area contributed by atoms with Gasteiger partial charge in [-0.3, -0.25) is 4.79 Å². The quantitative estimate of drug-likeness (QED) is 0.478. The minimum Gasteiger partial charge on any atom is -0.481 e. The van der Waals surface area contributed by atoms with Gasteiger partial charge in [0, 0.05) is 35.6 Å². The molecule has 1 aliphatic rings. The molecule has 182 valence electrons. The lowest BCUT2D eigenvalue weighted by molar-refractivity contribution is -0.137. The SMILES string of the molecule is O=C(O)CCCc1cc2cc(Cl)ccc2n1S(=O)(=O)c1ccc(S(=O)(=O)N2CCOCC2)cc1. The fourth-order valence-electron chi connectivity index (χ4n) is 3.92. The van der Waals surface area contributed by atoms with Crippen molar-refractivity contribution >= 4 is 48.5 Å². The van der Waals surface area contributed by atoms with Crippen LogP contribution in [0.2, 0.25) is 5.02 Å². The first kappa shape index (κ1) is 24.7. The Balaban J connectivity index is 1.72. The van der Waals surface area contributed by atoms with Crippen LogP contribution in [-0.2, 0) is 36.0 Å². The molecule has 1 saturated heterocycles. The van der Waals surface area contributed by atoms with E-state index in [-0.39, 0.29) is 42.1 Å². The summed E-state index contributed by atoms with van der Waals surface area (Å²) in [5.41, 5.74) is 0.822. The van der Waals surface area contributed by atoms with Gasteiger partial charge in [0.15, 0.2) is 0 Å². The molecular weight excluding hydrogens is 504 g/mol. The Bertz CT molecular complexity index is 1430. The van der Waals surface area contributed by atoms with Crippen molar-refractivity contribution in [3.8, 4) is 0 Å². The number of nitrogens with zero attached hydrogens (tertiary/aromatic N) is 2. The van der Waals surface area contributed by atoms with Crippen LogP contribution in [-0.4, -0.2) is 62.5 Å². The Hall–Kier alpha value is -2.44. The fraction of sp³-hybridized carbons (Fsp3) is 0.318. The summed E-state index contributed by atoms with van der Waals surface area (Å²) in [5.74, 6) is -0.967. The first-order valence-corrected chi connectivity index (χ1v) is 13.8. The number of morpholine rings is 1. The van der Waals surface area contributed by atoms with Gasteiger partial charge in [0.2, 0.25) is 10.0 Å². The van der Waals surface area contributed by atoms with Crippen LogP contribution in [0, 0.1) is 0 Å². The van der Waals surface area contributed by atoms with Crippen LogP contribution in [0.4, 0.5) is 0 Å². The molecule has 9 nitrogen and oxygen atoms in total. The Morgan fingerprint density at radius 3 is 2.18 bits per heavy atom. The second-order valence-electron chi connectivity index (χ2n) is 7.84. The van der Waals surface area contributed by atoms with Crippen LogP contribution < -0.4 is 0 Å². The highest BCUT2D eigenvalue weighted by atomic mass is 35.5. The minimum absolute atomic E-state index is 0.000761. The number of halogens is 1. The summed E-state index contributed by atoms with van der Waals surface area (Å²) in [4.78, 5) is 10.9. The van der Waals surface area contributed by atoms with E-state index < -0.39 is 26.0 Å². The predicted molar refractivity (Wildman–Crippen MR) is 126 cm³/mol. The molecule has 34 heavy (non-hydrogen) atoms. The van der Waals surface area contributed by atoms with E-state index in [1.54, 1.807) is 24.3 Å². The van der Waals surface area contributed by atoms with Gasteiger partial charge in [-0.15, -0.1) is 0 Å². The zero-order chi connectivity index (χ0) is 24.5. The van der Waals surface area contributed by atoms with E-state index in [9.17, 15) is 21.6 Å². The highest BCUT2D eigenvalue weighted by Gasteiger charge is 2.28. The van der Waals surface area contributed by atoms with Crippen LogP contribution >= 0.6 is 11.6 Å². The Labute approximate surface area is 202 Å². The molecule has 0 radical (unpaired) electrons. The maximum atomic E-state index is 13.6. The normalized spacial score (nSPS) is 15.6. The Morgan fingerprint density at radius 2 is 1.56 bits per heavy atom. The van der Waals surface area contributed by atoms with Gasteiger partial charge < -0.3 is 9.84 Å².